The lowest BCUT2D eigenvalue weighted by atomic mass is 10.3. The molecule has 15 heavy (non-hydrogen) atoms. The summed E-state index contributed by atoms with van der Waals surface area (Å²) in [5.41, 5.74) is 4.06. The molecule has 2 rings (SSSR count). The van der Waals surface area contributed by atoms with Crippen LogP contribution in [0, 0.1) is 5.82 Å². The molecule has 1 aliphatic rings. The van der Waals surface area contributed by atoms with Gasteiger partial charge in [-0.25, -0.2) is 9.40 Å². The Balaban J connectivity index is 1.81. The number of nitrogens with zero attached hydrogens (tertiary/aromatic N) is 2. The molecule has 0 aliphatic carbocycles. The molecule has 82 valence electrons. The van der Waals surface area contributed by atoms with Gasteiger partial charge in [0.1, 0.15) is 5.82 Å². The van der Waals surface area contributed by atoms with E-state index in [1.807, 2.05) is 0 Å². The van der Waals surface area contributed by atoms with E-state index in [1.165, 1.54) is 12.3 Å². The smallest absolute Gasteiger partial charge is 0.141 e. The molecule has 0 amide bonds. The topological polar surface area (TPSA) is 37.4 Å². The van der Waals surface area contributed by atoms with Crippen molar-refractivity contribution in [3.05, 3.63) is 29.8 Å². The van der Waals surface area contributed by atoms with Crippen LogP contribution in [-0.2, 0) is 11.3 Å². The predicted molar refractivity (Wildman–Crippen MR) is 53.4 cm³/mol. The van der Waals surface area contributed by atoms with Gasteiger partial charge in [-0.15, -0.1) is 0 Å². The molecule has 2 heterocycles. The maximum absolute atomic E-state index is 12.8. The number of pyridine rings is 1. The van der Waals surface area contributed by atoms with Crippen LogP contribution in [0.4, 0.5) is 4.39 Å². The molecule has 0 aromatic carbocycles. The van der Waals surface area contributed by atoms with Crippen LogP contribution in [0.2, 0.25) is 0 Å². The van der Waals surface area contributed by atoms with E-state index in [1.54, 1.807) is 6.20 Å². The molecule has 1 aromatic heterocycles. The molecule has 0 saturated carbocycles. The summed E-state index contributed by atoms with van der Waals surface area (Å²) in [7, 11) is 0. The van der Waals surface area contributed by atoms with E-state index < -0.39 is 0 Å². The minimum atomic E-state index is -0.295. The van der Waals surface area contributed by atoms with Crippen molar-refractivity contribution < 1.29 is 9.13 Å². The molecular formula is C10H14FN3O. The normalized spacial score (nSPS) is 17.9. The number of morpholine rings is 1. The van der Waals surface area contributed by atoms with Crippen molar-refractivity contribution in [3.8, 4) is 0 Å². The predicted octanol–water partition coefficient (Wildman–Crippen LogP) is 0.557. The lowest BCUT2D eigenvalue weighted by Gasteiger charge is -2.27. The minimum absolute atomic E-state index is 0.295. The third-order valence-corrected chi connectivity index (χ3v) is 2.28. The third kappa shape index (κ3) is 3.23. The zero-order valence-corrected chi connectivity index (χ0v) is 8.45. The number of hydrogen-bond acceptors (Lipinski definition) is 4. The number of rotatable bonds is 3. The number of hydrazine groups is 1. The summed E-state index contributed by atoms with van der Waals surface area (Å²) >= 11 is 0. The Kier molecular flexibility index (Phi) is 3.60. The zero-order valence-electron chi connectivity index (χ0n) is 8.45. The Hall–Kier alpha value is -1.04. The van der Waals surface area contributed by atoms with Crippen LogP contribution < -0.4 is 5.43 Å². The van der Waals surface area contributed by atoms with Gasteiger partial charge in [0.25, 0.3) is 0 Å². The lowest BCUT2D eigenvalue weighted by Crippen LogP contribution is -2.45. The molecule has 5 heteroatoms. The maximum Gasteiger partial charge on any atom is 0.141 e. The second-order valence-electron chi connectivity index (χ2n) is 3.45. The van der Waals surface area contributed by atoms with Crippen molar-refractivity contribution in [2.24, 2.45) is 0 Å². The first-order valence-electron chi connectivity index (χ1n) is 5.00. The number of ether oxygens (including phenoxy) is 1. The van der Waals surface area contributed by atoms with E-state index >= 15 is 0 Å². The van der Waals surface area contributed by atoms with Gasteiger partial charge in [-0.3, -0.25) is 10.4 Å². The van der Waals surface area contributed by atoms with Gasteiger partial charge in [0.05, 0.1) is 19.4 Å². The summed E-state index contributed by atoms with van der Waals surface area (Å²) in [5, 5.41) is 2.08. The summed E-state index contributed by atoms with van der Waals surface area (Å²) < 4.78 is 18.0. The van der Waals surface area contributed by atoms with E-state index in [4.69, 9.17) is 4.74 Å². The van der Waals surface area contributed by atoms with Crippen LogP contribution in [0.3, 0.4) is 0 Å². The highest BCUT2D eigenvalue weighted by Gasteiger charge is 2.09. The van der Waals surface area contributed by atoms with Crippen LogP contribution in [0.25, 0.3) is 0 Å². The molecular weight excluding hydrogens is 197 g/mol. The second-order valence-corrected chi connectivity index (χ2v) is 3.45. The molecule has 0 atom stereocenters. The van der Waals surface area contributed by atoms with Crippen LogP contribution in [-0.4, -0.2) is 36.3 Å². The third-order valence-electron chi connectivity index (χ3n) is 2.28. The highest BCUT2D eigenvalue weighted by atomic mass is 19.1. The molecule has 0 radical (unpaired) electrons. The van der Waals surface area contributed by atoms with Crippen molar-refractivity contribution in [1.29, 1.82) is 0 Å². The lowest BCUT2D eigenvalue weighted by molar-refractivity contribution is 0.0105. The molecule has 0 spiro atoms. The Bertz CT molecular complexity index is 315. The van der Waals surface area contributed by atoms with Gasteiger partial charge in [0.2, 0.25) is 0 Å². The maximum atomic E-state index is 12.8. The van der Waals surface area contributed by atoms with E-state index in [0.29, 0.717) is 6.54 Å². The molecule has 1 saturated heterocycles. The monoisotopic (exact) mass is 211 g/mol. The summed E-state index contributed by atoms with van der Waals surface area (Å²) in [4.78, 5) is 3.79. The van der Waals surface area contributed by atoms with E-state index in [0.717, 1.165) is 31.9 Å². The van der Waals surface area contributed by atoms with Gasteiger partial charge < -0.3 is 4.74 Å². The molecule has 1 N–H and O–H groups in total. The zero-order chi connectivity index (χ0) is 10.5. The molecule has 0 bridgehead atoms. The molecule has 4 nitrogen and oxygen atoms in total. The first kappa shape index (κ1) is 10.5. The van der Waals surface area contributed by atoms with Crippen LogP contribution in [0.1, 0.15) is 5.56 Å². The van der Waals surface area contributed by atoms with Gasteiger partial charge >= 0.3 is 0 Å². The summed E-state index contributed by atoms with van der Waals surface area (Å²) in [6.07, 6.45) is 2.87. The summed E-state index contributed by atoms with van der Waals surface area (Å²) in [5.74, 6) is -0.295. The number of halogens is 1. The van der Waals surface area contributed by atoms with Gasteiger partial charge in [0.15, 0.2) is 0 Å². The molecule has 1 fully saturated rings. The van der Waals surface area contributed by atoms with Crippen molar-refractivity contribution >= 4 is 0 Å². The van der Waals surface area contributed by atoms with Crippen molar-refractivity contribution in [2.45, 2.75) is 6.54 Å². The Morgan fingerprint density at radius 3 is 2.93 bits per heavy atom. The Labute approximate surface area is 88.0 Å². The highest BCUT2D eigenvalue weighted by Crippen LogP contribution is 2.01. The average Bonchev–Trinajstić information content (AvgIpc) is 2.28. The van der Waals surface area contributed by atoms with Gasteiger partial charge in [-0.2, -0.15) is 0 Å². The van der Waals surface area contributed by atoms with Crippen LogP contribution >= 0.6 is 0 Å². The van der Waals surface area contributed by atoms with E-state index in [-0.39, 0.29) is 5.82 Å². The molecule has 1 aromatic rings. The van der Waals surface area contributed by atoms with Gasteiger partial charge in [0, 0.05) is 25.8 Å². The fraction of sp³-hybridized carbons (Fsp3) is 0.500. The number of nitrogens with one attached hydrogen (secondary N) is 1. The van der Waals surface area contributed by atoms with Crippen LogP contribution in [0.5, 0.6) is 0 Å². The molecule has 1 aliphatic heterocycles. The Morgan fingerprint density at radius 2 is 2.20 bits per heavy atom. The SMILES string of the molecule is Fc1cncc(CNN2CCOCC2)c1. The fourth-order valence-corrected chi connectivity index (χ4v) is 1.48. The van der Waals surface area contributed by atoms with Gasteiger partial charge in [-0.05, 0) is 11.6 Å². The molecule has 0 unspecified atom stereocenters. The largest absolute Gasteiger partial charge is 0.379 e. The number of hydrogen-bond donors (Lipinski definition) is 1. The first-order valence-corrected chi connectivity index (χ1v) is 5.00. The summed E-state index contributed by atoms with van der Waals surface area (Å²) in [6.45, 7) is 3.82. The van der Waals surface area contributed by atoms with E-state index in [9.17, 15) is 4.39 Å². The van der Waals surface area contributed by atoms with Crippen LogP contribution in [0.15, 0.2) is 18.5 Å². The standard InChI is InChI=1S/C10H14FN3O/c11-10-5-9(6-12-8-10)7-13-14-1-3-15-4-2-14/h5-6,8,13H,1-4,7H2. The average molecular weight is 211 g/mol. The first-order chi connectivity index (χ1) is 7.34. The number of aromatic nitrogens is 1. The van der Waals surface area contributed by atoms with Gasteiger partial charge in [-0.1, -0.05) is 0 Å². The minimum Gasteiger partial charge on any atom is -0.379 e. The van der Waals surface area contributed by atoms with Crippen molar-refractivity contribution in [3.63, 3.8) is 0 Å². The van der Waals surface area contributed by atoms with Crippen molar-refractivity contribution in [2.75, 3.05) is 26.3 Å². The summed E-state index contributed by atoms with van der Waals surface area (Å²) in [6, 6.07) is 1.49. The quantitative estimate of drug-likeness (QED) is 0.792. The highest BCUT2D eigenvalue weighted by molar-refractivity contribution is 5.09. The Morgan fingerprint density at radius 1 is 1.40 bits per heavy atom. The van der Waals surface area contributed by atoms with Crippen molar-refractivity contribution in [1.82, 2.24) is 15.4 Å². The van der Waals surface area contributed by atoms with E-state index in [2.05, 4.69) is 15.4 Å². The fourth-order valence-electron chi connectivity index (χ4n) is 1.48. The second kappa shape index (κ2) is 5.16.